The Morgan fingerprint density at radius 2 is 2.22 bits per heavy atom. The lowest BCUT2D eigenvalue weighted by Crippen LogP contribution is -2.53. The van der Waals surface area contributed by atoms with Crippen molar-refractivity contribution in [3.8, 4) is 11.3 Å². The van der Waals surface area contributed by atoms with Gasteiger partial charge in [-0.1, -0.05) is 23.7 Å². The first-order chi connectivity index (χ1) is 11.2. The topological polar surface area (TPSA) is 75.2 Å². The normalized spacial score (nSPS) is 17.8. The van der Waals surface area contributed by atoms with Gasteiger partial charge in [-0.05, 0) is 18.2 Å². The zero-order valence-electron chi connectivity index (χ0n) is 12.3. The van der Waals surface area contributed by atoms with Crippen molar-refractivity contribution >= 4 is 23.8 Å². The van der Waals surface area contributed by atoms with Crippen molar-refractivity contribution in [2.75, 3.05) is 19.6 Å². The predicted octanol–water partition coefficient (Wildman–Crippen LogP) is 1.41. The molecule has 1 N–H and O–H groups in total. The minimum Gasteiger partial charge on any atom is -0.334 e. The lowest BCUT2D eigenvalue weighted by molar-refractivity contribution is -0.110. The highest BCUT2D eigenvalue weighted by Gasteiger charge is 2.24. The molecule has 1 fully saturated rings. The van der Waals surface area contributed by atoms with Gasteiger partial charge in [0.2, 0.25) is 0 Å². The molecule has 118 valence electrons. The summed E-state index contributed by atoms with van der Waals surface area (Å²) >= 11 is 5.99. The van der Waals surface area contributed by atoms with E-state index in [1.807, 2.05) is 12.1 Å². The highest BCUT2D eigenvalue weighted by Crippen LogP contribution is 2.21. The summed E-state index contributed by atoms with van der Waals surface area (Å²) in [6, 6.07) is 8.57. The van der Waals surface area contributed by atoms with Crippen LogP contribution in [0, 0.1) is 0 Å². The monoisotopic (exact) mass is 330 g/mol. The summed E-state index contributed by atoms with van der Waals surface area (Å²) in [6.45, 7) is 1.47. The second kappa shape index (κ2) is 6.85. The molecule has 2 aromatic rings. The van der Waals surface area contributed by atoms with Crippen LogP contribution in [0.5, 0.6) is 0 Å². The standard InChI is InChI=1S/C16H15ClN4O2/c17-12-3-1-2-11(6-12)14-7-15(20-10-19-14)16(23)21-5-4-18-13(8-21)9-22/h1-3,6-7,9-10,13,18H,4-5,8H2. The SMILES string of the molecule is O=CC1CN(C(=O)c2cc(-c3cccc(Cl)c3)ncn2)CCN1. The van der Waals surface area contributed by atoms with E-state index in [9.17, 15) is 9.59 Å². The molecule has 0 spiro atoms. The number of aromatic nitrogens is 2. The first-order valence-corrected chi connectivity index (χ1v) is 7.61. The van der Waals surface area contributed by atoms with Crippen molar-refractivity contribution in [2.24, 2.45) is 0 Å². The summed E-state index contributed by atoms with van der Waals surface area (Å²) in [5.41, 5.74) is 1.76. The molecule has 0 saturated carbocycles. The van der Waals surface area contributed by atoms with Crippen LogP contribution >= 0.6 is 11.6 Å². The molecule has 0 bridgehead atoms. The maximum absolute atomic E-state index is 12.6. The minimum absolute atomic E-state index is 0.205. The third kappa shape index (κ3) is 3.55. The number of nitrogens with zero attached hydrogens (tertiary/aromatic N) is 3. The number of rotatable bonds is 3. The fraction of sp³-hybridized carbons (Fsp3) is 0.250. The number of aldehydes is 1. The van der Waals surface area contributed by atoms with Crippen molar-refractivity contribution in [3.05, 3.63) is 47.4 Å². The fourth-order valence-corrected chi connectivity index (χ4v) is 2.69. The molecule has 1 atom stereocenters. The molecule has 1 aliphatic rings. The molecule has 1 unspecified atom stereocenters. The highest BCUT2D eigenvalue weighted by molar-refractivity contribution is 6.30. The van der Waals surface area contributed by atoms with Gasteiger partial charge in [-0.25, -0.2) is 9.97 Å². The highest BCUT2D eigenvalue weighted by atomic mass is 35.5. The Balaban J connectivity index is 1.84. The number of piperazine rings is 1. The number of amides is 1. The van der Waals surface area contributed by atoms with Crippen molar-refractivity contribution in [2.45, 2.75) is 6.04 Å². The van der Waals surface area contributed by atoms with Crippen molar-refractivity contribution < 1.29 is 9.59 Å². The number of hydrogen-bond acceptors (Lipinski definition) is 5. The average Bonchev–Trinajstić information content (AvgIpc) is 2.61. The van der Waals surface area contributed by atoms with Gasteiger partial charge in [0.25, 0.3) is 5.91 Å². The zero-order chi connectivity index (χ0) is 16.2. The second-order valence-electron chi connectivity index (χ2n) is 5.25. The van der Waals surface area contributed by atoms with E-state index >= 15 is 0 Å². The first kappa shape index (κ1) is 15.6. The molecule has 7 heteroatoms. The maximum atomic E-state index is 12.6. The molecule has 1 aromatic carbocycles. The summed E-state index contributed by atoms with van der Waals surface area (Å²) in [5, 5.41) is 3.64. The number of carbonyl (C=O) groups is 2. The molecule has 1 amide bonds. The van der Waals surface area contributed by atoms with Crippen LogP contribution in [0.15, 0.2) is 36.7 Å². The van der Waals surface area contributed by atoms with Gasteiger partial charge < -0.3 is 15.0 Å². The Morgan fingerprint density at radius 3 is 3.00 bits per heavy atom. The Kier molecular flexibility index (Phi) is 4.64. The average molecular weight is 331 g/mol. The van der Waals surface area contributed by atoms with Crippen LogP contribution in [0.2, 0.25) is 5.02 Å². The molecule has 0 aliphatic carbocycles. The Labute approximate surface area is 138 Å². The fourth-order valence-electron chi connectivity index (χ4n) is 2.50. The van der Waals surface area contributed by atoms with Crippen molar-refractivity contribution in [1.82, 2.24) is 20.2 Å². The van der Waals surface area contributed by atoms with E-state index in [-0.39, 0.29) is 11.9 Å². The molecule has 0 radical (unpaired) electrons. The minimum atomic E-state index is -0.332. The zero-order valence-corrected chi connectivity index (χ0v) is 13.0. The summed E-state index contributed by atoms with van der Waals surface area (Å²) in [7, 11) is 0. The van der Waals surface area contributed by atoms with Gasteiger partial charge in [0.15, 0.2) is 0 Å². The molecule has 3 rings (SSSR count). The first-order valence-electron chi connectivity index (χ1n) is 7.23. The third-order valence-electron chi connectivity index (χ3n) is 3.66. The van der Waals surface area contributed by atoms with Gasteiger partial charge in [0, 0.05) is 30.2 Å². The number of nitrogens with one attached hydrogen (secondary N) is 1. The molecule has 6 nitrogen and oxygen atoms in total. The van der Waals surface area contributed by atoms with Crippen LogP contribution in [-0.4, -0.2) is 52.7 Å². The van der Waals surface area contributed by atoms with Gasteiger partial charge in [0.1, 0.15) is 18.3 Å². The summed E-state index contributed by atoms with van der Waals surface area (Å²) in [6.07, 6.45) is 2.18. The van der Waals surface area contributed by atoms with E-state index in [0.717, 1.165) is 11.8 Å². The quantitative estimate of drug-likeness (QED) is 0.861. The van der Waals surface area contributed by atoms with Crippen molar-refractivity contribution in [1.29, 1.82) is 0 Å². The van der Waals surface area contributed by atoms with E-state index in [4.69, 9.17) is 11.6 Å². The Hall–Kier alpha value is -2.31. The van der Waals surface area contributed by atoms with E-state index < -0.39 is 0 Å². The van der Waals surface area contributed by atoms with Gasteiger partial charge in [-0.2, -0.15) is 0 Å². The third-order valence-corrected chi connectivity index (χ3v) is 3.90. The van der Waals surface area contributed by atoms with Gasteiger partial charge >= 0.3 is 0 Å². The smallest absolute Gasteiger partial charge is 0.272 e. The second-order valence-corrected chi connectivity index (χ2v) is 5.68. The number of halogens is 1. The largest absolute Gasteiger partial charge is 0.334 e. The van der Waals surface area contributed by atoms with E-state index in [2.05, 4.69) is 15.3 Å². The summed E-state index contributed by atoms with van der Waals surface area (Å²) < 4.78 is 0. The van der Waals surface area contributed by atoms with Gasteiger partial charge in [-0.15, -0.1) is 0 Å². The van der Waals surface area contributed by atoms with Crippen LogP contribution < -0.4 is 5.32 Å². The number of hydrogen-bond donors (Lipinski definition) is 1. The Morgan fingerprint density at radius 1 is 1.35 bits per heavy atom. The summed E-state index contributed by atoms with van der Waals surface area (Å²) in [5.74, 6) is -0.205. The van der Waals surface area contributed by atoms with Gasteiger partial charge in [-0.3, -0.25) is 4.79 Å². The van der Waals surface area contributed by atoms with Gasteiger partial charge in [0.05, 0.1) is 11.7 Å². The molecule has 1 aromatic heterocycles. The maximum Gasteiger partial charge on any atom is 0.272 e. The van der Waals surface area contributed by atoms with Crippen LogP contribution in [0.3, 0.4) is 0 Å². The number of benzene rings is 1. The molecule has 1 aliphatic heterocycles. The van der Waals surface area contributed by atoms with Crippen LogP contribution in [0.4, 0.5) is 0 Å². The Bertz CT molecular complexity index is 738. The van der Waals surface area contributed by atoms with Crippen molar-refractivity contribution in [3.63, 3.8) is 0 Å². The summed E-state index contributed by atoms with van der Waals surface area (Å²) in [4.78, 5) is 33.4. The van der Waals surface area contributed by atoms with E-state index in [1.54, 1.807) is 23.1 Å². The lowest BCUT2D eigenvalue weighted by atomic mass is 10.1. The molecule has 1 saturated heterocycles. The number of carbonyl (C=O) groups excluding carboxylic acids is 2. The van der Waals surface area contributed by atoms with Crippen LogP contribution in [0.1, 0.15) is 10.5 Å². The molecule has 2 heterocycles. The molecule has 23 heavy (non-hydrogen) atoms. The molecular formula is C16H15ClN4O2. The molecular weight excluding hydrogens is 316 g/mol. The van der Waals surface area contributed by atoms with E-state index in [1.165, 1.54) is 6.33 Å². The van der Waals surface area contributed by atoms with Crippen LogP contribution in [0.25, 0.3) is 11.3 Å². The van der Waals surface area contributed by atoms with E-state index in [0.29, 0.717) is 36.0 Å². The predicted molar refractivity (Wildman–Crippen MR) is 86.2 cm³/mol. The van der Waals surface area contributed by atoms with Crippen LogP contribution in [-0.2, 0) is 4.79 Å². The lowest BCUT2D eigenvalue weighted by Gasteiger charge is -2.30.